The van der Waals surface area contributed by atoms with Crippen LogP contribution in [0.1, 0.15) is 67.2 Å². The molecule has 0 amide bonds. The Balaban J connectivity index is 5.10. The molecule has 22 heavy (non-hydrogen) atoms. The highest BCUT2D eigenvalue weighted by Gasteiger charge is 2.51. The van der Waals surface area contributed by atoms with Crippen molar-refractivity contribution in [2.75, 3.05) is 19.8 Å². The molecule has 5 nitrogen and oxygen atoms in total. The molecule has 0 aliphatic carbocycles. The molecular formula is C16H34O5Si. The van der Waals surface area contributed by atoms with Gasteiger partial charge in [-0.3, -0.25) is 4.79 Å². The highest BCUT2D eigenvalue weighted by Crippen LogP contribution is 2.23. The average Bonchev–Trinajstić information content (AvgIpc) is 2.43. The van der Waals surface area contributed by atoms with Crippen LogP contribution in [0.5, 0.6) is 0 Å². The van der Waals surface area contributed by atoms with E-state index in [-0.39, 0.29) is 17.6 Å². The lowest BCUT2D eigenvalue weighted by Gasteiger charge is -2.36. The number of carbonyl (C=O) groups excluding carboxylic acids is 1. The summed E-state index contributed by atoms with van der Waals surface area (Å²) < 4.78 is 24.1. The van der Waals surface area contributed by atoms with Crippen molar-refractivity contribution in [3.05, 3.63) is 0 Å². The predicted octanol–water partition coefficient (Wildman–Crippen LogP) is 3.52. The van der Waals surface area contributed by atoms with Gasteiger partial charge in [0.2, 0.25) is 0 Å². The lowest BCUT2D eigenvalue weighted by atomic mass is 10.2. The van der Waals surface area contributed by atoms with E-state index in [4.69, 9.17) is 18.0 Å². The molecule has 0 spiro atoms. The molecule has 132 valence electrons. The second-order valence-corrected chi connectivity index (χ2v) is 8.09. The topological polar surface area (TPSA) is 54.0 Å². The van der Waals surface area contributed by atoms with E-state index in [0.29, 0.717) is 26.2 Å². The molecule has 0 saturated carbocycles. The first-order valence-electron chi connectivity index (χ1n) is 8.52. The molecule has 0 rings (SSSR count). The standard InChI is InChI=1S/C16H34O5Si/c1-7-11-12-18-16(8-2)22(19-9-3,20-10-4)21-15(6)13-14(5)17/h15-16H,7-13H2,1-6H3. The third-order valence-electron chi connectivity index (χ3n) is 3.21. The van der Waals surface area contributed by atoms with Crippen molar-refractivity contribution in [3.8, 4) is 0 Å². The van der Waals surface area contributed by atoms with Gasteiger partial charge in [0.15, 0.2) is 0 Å². The van der Waals surface area contributed by atoms with Crippen LogP contribution >= 0.6 is 0 Å². The van der Waals surface area contributed by atoms with Crippen molar-refractivity contribution in [2.24, 2.45) is 0 Å². The van der Waals surface area contributed by atoms with Crippen LogP contribution in [0.3, 0.4) is 0 Å². The van der Waals surface area contributed by atoms with Crippen LogP contribution < -0.4 is 0 Å². The second kappa shape index (κ2) is 12.2. The number of ether oxygens (including phenoxy) is 1. The lowest BCUT2D eigenvalue weighted by molar-refractivity contribution is -0.119. The van der Waals surface area contributed by atoms with Crippen molar-refractivity contribution in [2.45, 2.75) is 79.1 Å². The number of carbonyl (C=O) groups is 1. The predicted molar refractivity (Wildman–Crippen MR) is 89.8 cm³/mol. The first-order chi connectivity index (χ1) is 10.5. The highest BCUT2D eigenvalue weighted by atomic mass is 28.4. The van der Waals surface area contributed by atoms with Crippen LogP contribution in [0.15, 0.2) is 0 Å². The second-order valence-electron chi connectivity index (χ2n) is 5.43. The maximum atomic E-state index is 11.3. The molecule has 0 radical (unpaired) electrons. The summed E-state index contributed by atoms with van der Waals surface area (Å²) in [5, 5.41) is 0. The van der Waals surface area contributed by atoms with Gasteiger partial charge in [-0.15, -0.1) is 0 Å². The van der Waals surface area contributed by atoms with Crippen molar-refractivity contribution >= 4 is 14.6 Å². The molecule has 2 unspecified atom stereocenters. The van der Waals surface area contributed by atoms with Crippen LogP contribution in [0, 0.1) is 0 Å². The summed E-state index contributed by atoms with van der Waals surface area (Å²) in [6.07, 6.45) is 2.98. The van der Waals surface area contributed by atoms with Crippen LogP contribution in [0.2, 0.25) is 0 Å². The Labute approximate surface area is 137 Å². The van der Waals surface area contributed by atoms with Gasteiger partial charge in [0.1, 0.15) is 11.5 Å². The molecule has 0 aliphatic heterocycles. The van der Waals surface area contributed by atoms with E-state index in [9.17, 15) is 4.79 Å². The van der Waals surface area contributed by atoms with Crippen molar-refractivity contribution < 1.29 is 22.8 Å². The van der Waals surface area contributed by atoms with Gasteiger partial charge in [-0.1, -0.05) is 20.3 Å². The molecule has 0 bridgehead atoms. The van der Waals surface area contributed by atoms with Gasteiger partial charge in [-0.2, -0.15) is 0 Å². The molecular weight excluding hydrogens is 300 g/mol. The fraction of sp³-hybridized carbons (Fsp3) is 0.938. The molecule has 0 aromatic heterocycles. The van der Waals surface area contributed by atoms with Gasteiger partial charge in [-0.05, 0) is 40.5 Å². The quantitative estimate of drug-likeness (QED) is 0.359. The van der Waals surface area contributed by atoms with Crippen LogP contribution in [-0.4, -0.2) is 46.2 Å². The van der Waals surface area contributed by atoms with E-state index in [1.165, 1.54) is 0 Å². The Morgan fingerprint density at radius 1 is 1.09 bits per heavy atom. The number of hydrogen-bond donors (Lipinski definition) is 0. The van der Waals surface area contributed by atoms with E-state index in [2.05, 4.69) is 13.8 Å². The van der Waals surface area contributed by atoms with Crippen LogP contribution in [0.4, 0.5) is 0 Å². The first kappa shape index (κ1) is 21.7. The van der Waals surface area contributed by atoms with Crippen LogP contribution in [0.25, 0.3) is 0 Å². The fourth-order valence-electron chi connectivity index (χ4n) is 2.34. The van der Waals surface area contributed by atoms with E-state index in [1.807, 2.05) is 20.8 Å². The monoisotopic (exact) mass is 334 g/mol. The summed E-state index contributed by atoms with van der Waals surface area (Å²) >= 11 is 0. The van der Waals surface area contributed by atoms with Crippen molar-refractivity contribution in [1.82, 2.24) is 0 Å². The van der Waals surface area contributed by atoms with Gasteiger partial charge in [0.05, 0.1) is 6.10 Å². The Hall–Kier alpha value is -0.273. The van der Waals surface area contributed by atoms with Crippen LogP contribution in [-0.2, 0) is 22.8 Å². The number of rotatable bonds is 14. The van der Waals surface area contributed by atoms with E-state index >= 15 is 0 Å². The van der Waals surface area contributed by atoms with Gasteiger partial charge < -0.3 is 18.0 Å². The third-order valence-corrected chi connectivity index (χ3v) is 6.69. The molecule has 6 heteroatoms. The molecule has 0 saturated heterocycles. The third kappa shape index (κ3) is 7.83. The summed E-state index contributed by atoms with van der Waals surface area (Å²) in [6, 6.07) is 0. The lowest BCUT2D eigenvalue weighted by Crippen LogP contribution is -2.59. The number of ketones is 1. The summed E-state index contributed by atoms with van der Waals surface area (Å²) in [5.41, 5.74) is -0.187. The van der Waals surface area contributed by atoms with E-state index in [0.717, 1.165) is 19.3 Å². The normalized spacial score (nSPS) is 14.8. The molecule has 0 fully saturated rings. The Morgan fingerprint density at radius 2 is 1.68 bits per heavy atom. The largest absolute Gasteiger partial charge is 0.531 e. The zero-order chi connectivity index (χ0) is 17.0. The zero-order valence-electron chi connectivity index (χ0n) is 15.1. The zero-order valence-corrected chi connectivity index (χ0v) is 16.1. The molecule has 0 aromatic carbocycles. The van der Waals surface area contributed by atoms with Crippen molar-refractivity contribution in [1.29, 1.82) is 0 Å². The minimum atomic E-state index is -2.98. The Bertz CT molecular complexity index is 292. The van der Waals surface area contributed by atoms with Gasteiger partial charge in [0, 0.05) is 26.2 Å². The van der Waals surface area contributed by atoms with E-state index < -0.39 is 8.80 Å². The summed E-state index contributed by atoms with van der Waals surface area (Å²) in [6.45, 7) is 13.2. The van der Waals surface area contributed by atoms with Gasteiger partial charge in [0.25, 0.3) is 0 Å². The van der Waals surface area contributed by atoms with E-state index in [1.54, 1.807) is 6.92 Å². The number of hydrogen-bond acceptors (Lipinski definition) is 5. The summed E-state index contributed by atoms with van der Waals surface area (Å²) in [5.74, 6) is 0.100. The molecule has 2 atom stereocenters. The molecule has 0 aliphatic rings. The fourth-order valence-corrected chi connectivity index (χ4v) is 5.35. The highest BCUT2D eigenvalue weighted by molar-refractivity contribution is 6.62. The van der Waals surface area contributed by atoms with Crippen molar-refractivity contribution in [3.63, 3.8) is 0 Å². The minimum absolute atomic E-state index is 0.100. The molecule has 0 aromatic rings. The smallest absolute Gasteiger partial charge is 0.374 e. The first-order valence-corrected chi connectivity index (χ1v) is 10.3. The average molecular weight is 335 g/mol. The minimum Gasteiger partial charge on any atom is -0.374 e. The maximum absolute atomic E-state index is 11.3. The summed E-state index contributed by atoms with van der Waals surface area (Å²) in [4.78, 5) is 11.3. The number of Topliss-reactive ketones (excluding diaryl/α,β-unsaturated/α-hetero) is 1. The Kier molecular flexibility index (Phi) is 12.0. The Morgan fingerprint density at radius 3 is 2.09 bits per heavy atom. The summed E-state index contributed by atoms with van der Waals surface area (Å²) in [7, 11) is -2.98. The SMILES string of the molecule is CCCCOC(CC)[Si](OCC)(OCC)OC(C)CC(C)=O. The van der Waals surface area contributed by atoms with Gasteiger partial charge >= 0.3 is 8.80 Å². The number of unbranched alkanes of at least 4 members (excludes halogenated alkanes) is 1. The molecule has 0 heterocycles. The molecule has 0 N–H and O–H groups in total. The van der Waals surface area contributed by atoms with Gasteiger partial charge in [-0.25, -0.2) is 0 Å². The maximum Gasteiger partial charge on any atom is 0.531 e.